The SMILES string of the molecule is Cn1c(=O)n(Cc2ccc(Cl)cc2Cl)c(=O)c2c1nc1oc(-c3ccc(F)cc3)cn12. The standard InChI is InChI=1S/C21H13Cl2FN4O3/c1-26-18-17(19(29)28(21(26)30)9-12-2-5-13(22)8-15(12)23)27-10-16(31-20(27)25-18)11-3-6-14(24)7-4-11/h2-8,10H,9H2,1H3. The zero-order valence-electron chi connectivity index (χ0n) is 16.0. The zero-order valence-corrected chi connectivity index (χ0v) is 17.5. The highest BCUT2D eigenvalue weighted by molar-refractivity contribution is 6.35. The Morgan fingerprint density at radius 1 is 1.10 bits per heavy atom. The van der Waals surface area contributed by atoms with Crippen LogP contribution in [0.25, 0.3) is 28.3 Å². The molecule has 5 rings (SSSR count). The van der Waals surface area contributed by atoms with Crippen molar-refractivity contribution in [2.24, 2.45) is 7.05 Å². The van der Waals surface area contributed by atoms with E-state index < -0.39 is 11.2 Å². The molecular weight excluding hydrogens is 446 g/mol. The predicted molar refractivity (Wildman–Crippen MR) is 115 cm³/mol. The summed E-state index contributed by atoms with van der Waals surface area (Å²) in [5.41, 5.74) is 0.492. The average Bonchev–Trinajstić information content (AvgIpc) is 3.30. The number of fused-ring (bicyclic) bond motifs is 3. The molecule has 5 aromatic rings. The Bertz CT molecular complexity index is 1600. The summed E-state index contributed by atoms with van der Waals surface area (Å²) in [6.45, 7) is -0.0344. The van der Waals surface area contributed by atoms with E-state index in [1.165, 1.54) is 28.1 Å². The van der Waals surface area contributed by atoms with Crippen LogP contribution >= 0.6 is 23.2 Å². The molecule has 156 valence electrons. The van der Waals surface area contributed by atoms with Crippen molar-refractivity contribution in [3.63, 3.8) is 0 Å². The quantitative estimate of drug-likeness (QED) is 0.407. The molecule has 0 N–H and O–H groups in total. The van der Waals surface area contributed by atoms with E-state index in [-0.39, 0.29) is 29.4 Å². The third-order valence-electron chi connectivity index (χ3n) is 5.06. The fourth-order valence-corrected chi connectivity index (χ4v) is 3.93. The molecule has 2 aromatic carbocycles. The van der Waals surface area contributed by atoms with Crippen LogP contribution in [0.4, 0.5) is 4.39 Å². The van der Waals surface area contributed by atoms with Crippen molar-refractivity contribution in [2.45, 2.75) is 6.54 Å². The number of hydrogen-bond donors (Lipinski definition) is 0. The summed E-state index contributed by atoms with van der Waals surface area (Å²) in [6, 6.07) is 10.6. The number of halogens is 3. The van der Waals surface area contributed by atoms with Crippen molar-refractivity contribution >= 4 is 40.2 Å². The molecule has 0 radical (unpaired) electrons. The Labute approximate surface area is 183 Å². The molecule has 7 nitrogen and oxygen atoms in total. The minimum Gasteiger partial charge on any atom is -0.423 e. The monoisotopic (exact) mass is 458 g/mol. The molecular formula is C21H13Cl2FN4O3. The fraction of sp³-hybridized carbons (Fsp3) is 0.0952. The summed E-state index contributed by atoms with van der Waals surface area (Å²) in [5.74, 6) is 0.179. The van der Waals surface area contributed by atoms with Crippen molar-refractivity contribution < 1.29 is 8.81 Å². The molecule has 0 saturated carbocycles. The number of aryl methyl sites for hydroxylation is 1. The third kappa shape index (κ3) is 3.15. The number of nitrogens with zero attached hydrogens (tertiary/aromatic N) is 4. The van der Waals surface area contributed by atoms with E-state index in [1.54, 1.807) is 36.5 Å². The van der Waals surface area contributed by atoms with E-state index in [9.17, 15) is 14.0 Å². The first-order chi connectivity index (χ1) is 14.8. The van der Waals surface area contributed by atoms with Crippen molar-refractivity contribution in [3.05, 3.63) is 90.9 Å². The first-order valence-electron chi connectivity index (χ1n) is 9.15. The molecule has 0 unspecified atom stereocenters. The Morgan fingerprint density at radius 3 is 2.55 bits per heavy atom. The van der Waals surface area contributed by atoms with Crippen LogP contribution in [0.1, 0.15) is 5.56 Å². The van der Waals surface area contributed by atoms with Gasteiger partial charge in [0.05, 0.1) is 12.7 Å². The van der Waals surface area contributed by atoms with Gasteiger partial charge in [0.25, 0.3) is 5.56 Å². The molecule has 3 heterocycles. The van der Waals surface area contributed by atoms with Crippen molar-refractivity contribution in [1.29, 1.82) is 0 Å². The van der Waals surface area contributed by atoms with Gasteiger partial charge in [0.1, 0.15) is 5.82 Å². The Kier molecular flexibility index (Phi) is 4.49. The van der Waals surface area contributed by atoms with E-state index in [1.807, 2.05) is 0 Å². The van der Waals surface area contributed by atoms with E-state index in [0.29, 0.717) is 26.9 Å². The van der Waals surface area contributed by atoms with Gasteiger partial charge >= 0.3 is 11.5 Å². The lowest BCUT2D eigenvalue weighted by Gasteiger charge is -2.09. The highest BCUT2D eigenvalue weighted by Gasteiger charge is 2.20. The second-order valence-electron chi connectivity index (χ2n) is 7.01. The van der Waals surface area contributed by atoms with Crippen LogP contribution < -0.4 is 11.2 Å². The molecule has 3 aromatic heterocycles. The maximum Gasteiger partial charge on any atom is 0.332 e. The summed E-state index contributed by atoms with van der Waals surface area (Å²) in [4.78, 5) is 30.4. The van der Waals surface area contributed by atoms with Crippen molar-refractivity contribution in [1.82, 2.24) is 18.5 Å². The highest BCUT2D eigenvalue weighted by atomic mass is 35.5. The van der Waals surface area contributed by atoms with Crippen LogP contribution in [0.2, 0.25) is 10.0 Å². The predicted octanol–water partition coefficient (Wildman–Crippen LogP) is 4.10. The number of aromatic nitrogens is 4. The van der Waals surface area contributed by atoms with Gasteiger partial charge < -0.3 is 4.42 Å². The van der Waals surface area contributed by atoms with Crippen LogP contribution in [-0.4, -0.2) is 18.5 Å². The number of oxazole rings is 1. The lowest BCUT2D eigenvalue weighted by molar-refractivity contribution is 0.608. The van der Waals surface area contributed by atoms with Crippen LogP contribution in [0, 0.1) is 5.82 Å². The van der Waals surface area contributed by atoms with Crippen LogP contribution in [0.3, 0.4) is 0 Å². The van der Waals surface area contributed by atoms with E-state index in [0.717, 1.165) is 4.57 Å². The smallest absolute Gasteiger partial charge is 0.332 e. The first kappa shape index (κ1) is 19.6. The van der Waals surface area contributed by atoms with E-state index >= 15 is 0 Å². The molecule has 0 saturated heterocycles. The molecule has 0 amide bonds. The minimum atomic E-state index is -0.539. The van der Waals surface area contributed by atoms with Gasteiger partial charge in [-0.05, 0) is 42.0 Å². The Morgan fingerprint density at radius 2 is 1.84 bits per heavy atom. The number of rotatable bonds is 3. The zero-order chi connectivity index (χ0) is 21.9. The van der Waals surface area contributed by atoms with Gasteiger partial charge in [0, 0.05) is 22.7 Å². The Balaban J connectivity index is 1.72. The van der Waals surface area contributed by atoms with E-state index in [2.05, 4.69) is 4.98 Å². The molecule has 0 aliphatic rings. The van der Waals surface area contributed by atoms with Crippen LogP contribution in [0.15, 0.2) is 62.7 Å². The molecule has 31 heavy (non-hydrogen) atoms. The van der Waals surface area contributed by atoms with Gasteiger partial charge in [0.15, 0.2) is 16.9 Å². The largest absolute Gasteiger partial charge is 0.423 e. The molecule has 0 spiro atoms. The van der Waals surface area contributed by atoms with Crippen LogP contribution in [0.5, 0.6) is 0 Å². The highest BCUT2D eigenvalue weighted by Crippen LogP contribution is 2.25. The molecule has 0 aliphatic heterocycles. The van der Waals surface area contributed by atoms with Gasteiger partial charge in [-0.3, -0.25) is 18.3 Å². The summed E-state index contributed by atoms with van der Waals surface area (Å²) < 4.78 is 22.8. The van der Waals surface area contributed by atoms with Gasteiger partial charge in [-0.25, -0.2) is 9.18 Å². The van der Waals surface area contributed by atoms with Crippen molar-refractivity contribution in [3.8, 4) is 11.3 Å². The van der Waals surface area contributed by atoms with Gasteiger partial charge in [-0.2, -0.15) is 4.98 Å². The van der Waals surface area contributed by atoms with Gasteiger partial charge in [0.2, 0.25) is 0 Å². The summed E-state index contributed by atoms with van der Waals surface area (Å²) in [5, 5.41) is 0.801. The topological polar surface area (TPSA) is 74.4 Å². The summed E-state index contributed by atoms with van der Waals surface area (Å²) in [6.07, 6.45) is 1.59. The molecule has 0 atom stereocenters. The average molecular weight is 459 g/mol. The molecule has 0 aliphatic carbocycles. The van der Waals surface area contributed by atoms with Crippen LogP contribution in [-0.2, 0) is 13.6 Å². The fourth-order valence-electron chi connectivity index (χ4n) is 3.46. The maximum absolute atomic E-state index is 13.3. The molecule has 10 heteroatoms. The second kappa shape index (κ2) is 7.11. The summed E-state index contributed by atoms with van der Waals surface area (Å²) >= 11 is 12.2. The molecule has 0 bridgehead atoms. The maximum atomic E-state index is 13.3. The van der Waals surface area contributed by atoms with Gasteiger partial charge in [-0.1, -0.05) is 29.3 Å². The third-order valence-corrected chi connectivity index (χ3v) is 5.65. The number of imidazole rings is 1. The summed E-state index contributed by atoms with van der Waals surface area (Å²) in [7, 11) is 1.53. The van der Waals surface area contributed by atoms with E-state index in [4.69, 9.17) is 27.6 Å². The molecule has 0 fully saturated rings. The number of hydrogen-bond acceptors (Lipinski definition) is 4. The minimum absolute atomic E-state index is 0.0344. The van der Waals surface area contributed by atoms with Crippen molar-refractivity contribution in [2.75, 3.05) is 0 Å². The first-order valence-corrected chi connectivity index (χ1v) is 9.90. The lowest BCUT2D eigenvalue weighted by Crippen LogP contribution is -2.39. The Hall–Kier alpha value is -3.36. The van der Waals surface area contributed by atoms with Gasteiger partial charge in [-0.15, -0.1) is 0 Å². The second-order valence-corrected chi connectivity index (χ2v) is 7.85. The normalized spacial score (nSPS) is 11.6. The lowest BCUT2D eigenvalue weighted by atomic mass is 10.2. The number of benzene rings is 2.